The van der Waals surface area contributed by atoms with Gasteiger partial charge in [0.25, 0.3) is 0 Å². The zero-order valence-electron chi connectivity index (χ0n) is 22.9. The molecular weight excluding hydrogens is 576 g/mol. The number of amides is 1. The number of fused-ring (bicyclic) bond motifs is 2. The number of nitrogens with one attached hydrogen (secondary N) is 2. The molecule has 1 saturated carbocycles. The van der Waals surface area contributed by atoms with Crippen molar-refractivity contribution in [3.05, 3.63) is 40.1 Å². The van der Waals surface area contributed by atoms with Gasteiger partial charge in [0.1, 0.15) is 17.9 Å². The van der Waals surface area contributed by atoms with E-state index in [0.29, 0.717) is 23.9 Å². The minimum atomic E-state index is 0.0854. The molecule has 8 nitrogen and oxygen atoms in total. The number of rotatable bonds is 6. The molecule has 2 N–H and O–H groups in total. The first-order valence-electron chi connectivity index (χ1n) is 13.7. The number of aromatic nitrogens is 4. The zero-order chi connectivity index (χ0) is 27.5. The van der Waals surface area contributed by atoms with Crippen molar-refractivity contribution in [3.63, 3.8) is 0 Å². The summed E-state index contributed by atoms with van der Waals surface area (Å²) in [4.78, 5) is 28.8. The maximum atomic E-state index is 13.2. The Bertz CT molecular complexity index is 1520. The lowest BCUT2D eigenvalue weighted by Gasteiger charge is -2.33. The first-order valence-corrected chi connectivity index (χ1v) is 15.3. The third-order valence-electron chi connectivity index (χ3n) is 9.37. The lowest BCUT2D eigenvalue weighted by molar-refractivity contribution is -0.135. The standard InChI is InChI=1S/C29H35BrN6O2S/c1-28(2)23(29(28,3)4)26(37)35-10-7-17(8-11-35)9-12-36-16-32-24(31)22-25(36)34-27(33-22)39-21-14-18-6-5-13-38-20(18)15-19(21)30/h5-6,14-17,23,31H,7-13H2,1-4H3,(H,33,34). The number of ether oxygens (including phenoxy) is 1. The first-order chi connectivity index (χ1) is 18.6. The molecule has 1 aliphatic carbocycles. The zero-order valence-corrected chi connectivity index (χ0v) is 25.3. The highest BCUT2D eigenvalue weighted by atomic mass is 79.9. The number of hydrogen-bond donors (Lipinski definition) is 2. The predicted molar refractivity (Wildman–Crippen MR) is 156 cm³/mol. The van der Waals surface area contributed by atoms with E-state index in [0.717, 1.165) is 70.4 Å². The Hall–Kier alpha value is -2.59. The monoisotopic (exact) mass is 610 g/mol. The van der Waals surface area contributed by atoms with Crippen molar-refractivity contribution in [2.24, 2.45) is 22.7 Å². The van der Waals surface area contributed by atoms with E-state index < -0.39 is 0 Å². The smallest absolute Gasteiger partial charge is 0.226 e. The SMILES string of the molecule is CC1(C)C(C(=O)N2CCC(CCn3cnc(=N)c4[nH]c(Sc5cc6c(cc5Br)OCC=C6)nc43)CC2)C1(C)C. The molecule has 0 bridgehead atoms. The Morgan fingerprint density at radius 3 is 2.69 bits per heavy atom. The summed E-state index contributed by atoms with van der Waals surface area (Å²) in [6.07, 6.45) is 8.86. The highest BCUT2D eigenvalue weighted by Crippen LogP contribution is 2.68. The number of likely N-dealkylation sites (tertiary alicyclic amines) is 1. The van der Waals surface area contributed by atoms with Crippen molar-refractivity contribution in [2.45, 2.75) is 63.6 Å². The van der Waals surface area contributed by atoms with Crippen LogP contribution >= 0.6 is 27.7 Å². The van der Waals surface area contributed by atoms with Crippen LogP contribution in [0.3, 0.4) is 0 Å². The van der Waals surface area contributed by atoms with Gasteiger partial charge in [0.15, 0.2) is 16.3 Å². The Morgan fingerprint density at radius 2 is 1.97 bits per heavy atom. The van der Waals surface area contributed by atoms with Crippen LogP contribution in [0.25, 0.3) is 17.2 Å². The number of H-pyrrole nitrogens is 1. The molecule has 2 fully saturated rings. The Balaban J connectivity index is 1.11. The van der Waals surface area contributed by atoms with Crippen LogP contribution in [0.5, 0.6) is 5.75 Å². The molecule has 39 heavy (non-hydrogen) atoms. The van der Waals surface area contributed by atoms with E-state index in [1.165, 1.54) is 11.8 Å². The largest absolute Gasteiger partial charge is 0.489 e. The number of aromatic amines is 1. The van der Waals surface area contributed by atoms with Gasteiger partial charge in [0.05, 0.1) is 6.33 Å². The summed E-state index contributed by atoms with van der Waals surface area (Å²) in [7, 11) is 0. The molecule has 206 valence electrons. The number of benzene rings is 1. The minimum absolute atomic E-state index is 0.0854. The van der Waals surface area contributed by atoms with Crippen LogP contribution in [0.4, 0.5) is 0 Å². The van der Waals surface area contributed by atoms with Gasteiger partial charge >= 0.3 is 0 Å². The van der Waals surface area contributed by atoms with Crippen molar-refractivity contribution >= 4 is 50.8 Å². The number of nitrogens with zero attached hydrogens (tertiary/aromatic N) is 4. The number of aryl methyl sites for hydroxylation is 1. The van der Waals surface area contributed by atoms with Crippen LogP contribution in [0.15, 0.2) is 39.1 Å². The molecule has 0 atom stereocenters. The van der Waals surface area contributed by atoms with E-state index in [2.05, 4.69) is 75.2 Å². The lowest BCUT2D eigenvalue weighted by atomic mass is 9.93. The minimum Gasteiger partial charge on any atom is -0.489 e. The summed E-state index contributed by atoms with van der Waals surface area (Å²) < 4.78 is 8.70. The van der Waals surface area contributed by atoms with Crippen molar-refractivity contribution in [3.8, 4) is 5.75 Å². The lowest BCUT2D eigenvalue weighted by Crippen LogP contribution is -2.40. The highest BCUT2D eigenvalue weighted by Gasteiger charge is 2.68. The molecule has 2 aliphatic heterocycles. The van der Waals surface area contributed by atoms with Gasteiger partial charge in [-0.3, -0.25) is 10.2 Å². The topological polar surface area (TPSA) is 99.9 Å². The average Bonchev–Trinajstić information content (AvgIpc) is 3.17. The summed E-state index contributed by atoms with van der Waals surface area (Å²) in [5.41, 5.74) is 2.80. The predicted octanol–water partition coefficient (Wildman–Crippen LogP) is 5.87. The number of carbonyl (C=O) groups excluding carboxylic acids is 1. The number of hydrogen-bond acceptors (Lipinski definition) is 6. The maximum Gasteiger partial charge on any atom is 0.226 e. The van der Waals surface area contributed by atoms with Gasteiger partial charge in [0, 0.05) is 40.5 Å². The molecule has 6 rings (SSSR count). The fourth-order valence-electron chi connectivity index (χ4n) is 6.24. The van der Waals surface area contributed by atoms with E-state index >= 15 is 0 Å². The van der Waals surface area contributed by atoms with Crippen molar-refractivity contribution in [1.29, 1.82) is 5.41 Å². The molecule has 1 aromatic carbocycles. The van der Waals surface area contributed by atoms with Crippen LogP contribution in [-0.4, -0.2) is 50.0 Å². The van der Waals surface area contributed by atoms with Gasteiger partial charge in [-0.15, -0.1) is 0 Å². The van der Waals surface area contributed by atoms with Crippen LogP contribution in [-0.2, 0) is 11.3 Å². The molecule has 0 radical (unpaired) electrons. The maximum absolute atomic E-state index is 13.2. The van der Waals surface area contributed by atoms with Crippen molar-refractivity contribution in [2.75, 3.05) is 19.7 Å². The molecule has 3 aliphatic rings. The molecule has 3 aromatic rings. The fraction of sp³-hybridized carbons (Fsp3) is 0.517. The second kappa shape index (κ2) is 9.80. The third-order valence-corrected chi connectivity index (χ3v) is 11.2. The molecule has 1 saturated heterocycles. The summed E-state index contributed by atoms with van der Waals surface area (Å²) in [5, 5.41) is 9.05. The van der Waals surface area contributed by atoms with Crippen molar-refractivity contribution in [1.82, 2.24) is 24.4 Å². The fourth-order valence-corrected chi connectivity index (χ4v) is 7.64. The van der Waals surface area contributed by atoms with Crippen molar-refractivity contribution < 1.29 is 9.53 Å². The van der Waals surface area contributed by atoms with Gasteiger partial charge in [-0.25, -0.2) is 9.97 Å². The van der Waals surface area contributed by atoms with Gasteiger partial charge in [-0.2, -0.15) is 0 Å². The Morgan fingerprint density at radius 1 is 1.23 bits per heavy atom. The van der Waals surface area contributed by atoms with Gasteiger partial charge in [-0.1, -0.05) is 45.5 Å². The normalized spacial score (nSPS) is 20.2. The quantitative estimate of drug-likeness (QED) is 0.363. The second-order valence-electron chi connectivity index (χ2n) is 12.1. The average molecular weight is 612 g/mol. The second-order valence-corrected chi connectivity index (χ2v) is 14.0. The van der Waals surface area contributed by atoms with Crippen LogP contribution in [0, 0.1) is 28.1 Å². The molecular formula is C29H35BrN6O2S. The Kier molecular flexibility index (Phi) is 6.69. The van der Waals surface area contributed by atoms with Crippen LogP contribution < -0.4 is 10.2 Å². The van der Waals surface area contributed by atoms with E-state index in [1.807, 2.05) is 12.1 Å². The molecule has 0 unspecified atom stereocenters. The highest BCUT2D eigenvalue weighted by molar-refractivity contribution is 9.10. The van der Waals surface area contributed by atoms with E-state index in [1.54, 1.807) is 6.33 Å². The number of halogens is 1. The summed E-state index contributed by atoms with van der Waals surface area (Å²) >= 11 is 5.19. The van der Waals surface area contributed by atoms with E-state index in [-0.39, 0.29) is 22.2 Å². The molecule has 0 spiro atoms. The van der Waals surface area contributed by atoms with E-state index in [4.69, 9.17) is 15.1 Å². The van der Waals surface area contributed by atoms with Crippen LogP contribution in [0.1, 0.15) is 52.5 Å². The summed E-state index contributed by atoms with van der Waals surface area (Å²) in [6.45, 7) is 11.9. The molecule has 1 amide bonds. The van der Waals surface area contributed by atoms with Gasteiger partial charge < -0.3 is 19.2 Å². The van der Waals surface area contributed by atoms with E-state index in [9.17, 15) is 4.79 Å². The Labute approximate surface area is 241 Å². The van der Waals surface area contributed by atoms with Gasteiger partial charge in [-0.05, 0) is 70.1 Å². The number of imidazole rings is 1. The molecule has 4 heterocycles. The van der Waals surface area contributed by atoms with Crippen LogP contribution in [0.2, 0.25) is 0 Å². The summed E-state index contributed by atoms with van der Waals surface area (Å²) in [6, 6.07) is 4.08. The van der Waals surface area contributed by atoms with Gasteiger partial charge in [0.2, 0.25) is 5.91 Å². The summed E-state index contributed by atoms with van der Waals surface area (Å²) in [5.74, 6) is 1.90. The molecule has 2 aromatic heterocycles. The molecule has 10 heteroatoms. The number of piperidine rings is 1. The number of carbonyl (C=O) groups is 1. The third kappa shape index (κ3) is 4.73. The first kappa shape index (κ1) is 26.6.